The second-order valence-corrected chi connectivity index (χ2v) is 6.02. The van der Waals surface area contributed by atoms with E-state index >= 15 is 0 Å². The summed E-state index contributed by atoms with van der Waals surface area (Å²) in [7, 11) is 6.11. The number of carbonyl (C=O) groups is 1. The molecule has 1 fully saturated rings. The fourth-order valence-corrected chi connectivity index (χ4v) is 3.04. The third kappa shape index (κ3) is 2.57. The third-order valence-corrected chi connectivity index (χ3v) is 4.52. The van der Waals surface area contributed by atoms with Crippen LogP contribution in [0.3, 0.4) is 0 Å². The second-order valence-electron chi connectivity index (χ2n) is 6.02. The molecule has 0 aliphatic heterocycles. The maximum Gasteiger partial charge on any atom is 0.164 e. The first kappa shape index (κ1) is 15.0. The SMILES string of the molecule is CC(=O)c1c(F)cccc1N(C)CC1(N(C)C)CCC1. The van der Waals surface area contributed by atoms with Crippen LogP contribution in [0, 0.1) is 5.82 Å². The molecule has 1 aromatic rings. The van der Waals surface area contributed by atoms with Gasteiger partial charge in [-0.3, -0.25) is 4.79 Å². The lowest BCUT2D eigenvalue weighted by Crippen LogP contribution is -2.56. The van der Waals surface area contributed by atoms with Gasteiger partial charge in [0.1, 0.15) is 5.82 Å². The summed E-state index contributed by atoms with van der Waals surface area (Å²) in [6, 6.07) is 4.83. The van der Waals surface area contributed by atoms with Crippen LogP contribution in [0.2, 0.25) is 0 Å². The molecular weight excluding hydrogens is 255 g/mol. The van der Waals surface area contributed by atoms with Crippen LogP contribution in [0.15, 0.2) is 18.2 Å². The number of carbonyl (C=O) groups excluding carboxylic acids is 1. The molecule has 0 N–H and O–H groups in total. The van der Waals surface area contributed by atoms with Crippen molar-refractivity contribution >= 4 is 11.5 Å². The van der Waals surface area contributed by atoms with Crippen molar-refractivity contribution in [2.45, 2.75) is 31.7 Å². The number of ketones is 1. The molecule has 1 aliphatic carbocycles. The molecular formula is C16H23FN2O. The highest BCUT2D eigenvalue weighted by Gasteiger charge is 2.40. The minimum atomic E-state index is -0.436. The zero-order valence-electron chi connectivity index (χ0n) is 12.7. The highest BCUT2D eigenvalue weighted by atomic mass is 19.1. The van der Waals surface area contributed by atoms with Gasteiger partial charge in [0, 0.05) is 19.1 Å². The summed E-state index contributed by atoms with van der Waals surface area (Å²) < 4.78 is 13.9. The first-order chi connectivity index (χ1) is 9.37. The molecule has 3 nitrogen and oxygen atoms in total. The van der Waals surface area contributed by atoms with Crippen LogP contribution in [0.1, 0.15) is 36.5 Å². The zero-order chi connectivity index (χ0) is 14.9. The van der Waals surface area contributed by atoms with E-state index < -0.39 is 5.82 Å². The summed E-state index contributed by atoms with van der Waals surface area (Å²) in [5.41, 5.74) is 1.03. The third-order valence-electron chi connectivity index (χ3n) is 4.52. The molecule has 0 amide bonds. The van der Waals surface area contributed by atoms with Gasteiger partial charge in [-0.05, 0) is 52.4 Å². The van der Waals surface area contributed by atoms with Crippen LogP contribution in [0.5, 0.6) is 0 Å². The van der Waals surface area contributed by atoms with Crippen LogP contribution < -0.4 is 4.90 Å². The van der Waals surface area contributed by atoms with Crippen LogP contribution in [-0.4, -0.2) is 43.9 Å². The Morgan fingerprint density at radius 2 is 1.95 bits per heavy atom. The van der Waals surface area contributed by atoms with E-state index in [-0.39, 0.29) is 16.9 Å². The Hall–Kier alpha value is -1.42. The monoisotopic (exact) mass is 278 g/mol. The molecule has 4 heteroatoms. The molecule has 0 unspecified atom stereocenters. The van der Waals surface area contributed by atoms with Gasteiger partial charge in [0.25, 0.3) is 0 Å². The molecule has 0 saturated heterocycles. The van der Waals surface area contributed by atoms with Crippen molar-refractivity contribution < 1.29 is 9.18 Å². The van der Waals surface area contributed by atoms with E-state index in [1.165, 1.54) is 19.4 Å². The van der Waals surface area contributed by atoms with Gasteiger partial charge in [0.2, 0.25) is 0 Å². The standard InChI is InChI=1S/C16H23FN2O/c1-12(20)15-13(17)7-5-8-14(15)19(4)11-16(18(2)3)9-6-10-16/h5,7-8H,6,9-11H2,1-4H3. The average molecular weight is 278 g/mol. The van der Waals surface area contributed by atoms with Gasteiger partial charge in [0.15, 0.2) is 5.78 Å². The molecule has 1 saturated carbocycles. The largest absolute Gasteiger partial charge is 0.372 e. The molecule has 0 atom stereocenters. The Labute approximate surface area is 120 Å². The fourth-order valence-electron chi connectivity index (χ4n) is 3.04. The molecule has 0 radical (unpaired) electrons. The summed E-state index contributed by atoms with van der Waals surface area (Å²) in [6.45, 7) is 2.23. The number of halogens is 1. The lowest BCUT2D eigenvalue weighted by Gasteiger charge is -2.49. The van der Waals surface area contributed by atoms with Crippen molar-refractivity contribution in [3.05, 3.63) is 29.6 Å². The maximum atomic E-state index is 13.9. The lowest BCUT2D eigenvalue weighted by molar-refractivity contribution is 0.0682. The Kier molecular flexibility index (Phi) is 4.14. The summed E-state index contributed by atoms with van der Waals surface area (Å²) in [6.07, 6.45) is 3.53. The van der Waals surface area contributed by atoms with E-state index in [1.807, 2.05) is 18.0 Å². The van der Waals surface area contributed by atoms with Crippen molar-refractivity contribution in [1.82, 2.24) is 4.90 Å². The number of rotatable bonds is 5. The van der Waals surface area contributed by atoms with Crippen molar-refractivity contribution in [3.8, 4) is 0 Å². The molecule has 2 rings (SSSR count). The normalized spacial score (nSPS) is 16.9. The van der Waals surface area contributed by atoms with Gasteiger partial charge >= 0.3 is 0 Å². The molecule has 1 aliphatic rings. The number of nitrogens with zero attached hydrogens (tertiary/aromatic N) is 2. The van der Waals surface area contributed by atoms with Gasteiger partial charge in [0.05, 0.1) is 11.3 Å². The first-order valence-electron chi connectivity index (χ1n) is 7.05. The van der Waals surface area contributed by atoms with Crippen LogP contribution in [0.4, 0.5) is 10.1 Å². The molecule has 20 heavy (non-hydrogen) atoms. The van der Waals surface area contributed by atoms with Crippen LogP contribution in [-0.2, 0) is 0 Å². The quantitative estimate of drug-likeness (QED) is 0.774. The Bertz CT molecular complexity index is 509. The lowest BCUT2D eigenvalue weighted by atomic mass is 9.75. The number of hydrogen-bond donors (Lipinski definition) is 0. The molecule has 1 aromatic carbocycles. The highest BCUT2D eigenvalue weighted by molar-refractivity contribution is 6.00. The topological polar surface area (TPSA) is 23.6 Å². The van der Waals surface area contributed by atoms with Crippen molar-refractivity contribution in [2.24, 2.45) is 0 Å². The summed E-state index contributed by atoms with van der Waals surface area (Å²) in [5.74, 6) is -0.660. The van der Waals surface area contributed by atoms with Gasteiger partial charge in [-0.1, -0.05) is 6.07 Å². The van der Waals surface area contributed by atoms with E-state index in [2.05, 4.69) is 19.0 Å². The van der Waals surface area contributed by atoms with E-state index in [1.54, 1.807) is 6.07 Å². The average Bonchev–Trinajstić information content (AvgIpc) is 2.32. The Morgan fingerprint density at radius 1 is 1.30 bits per heavy atom. The zero-order valence-corrected chi connectivity index (χ0v) is 12.7. The fraction of sp³-hybridized carbons (Fsp3) is 0.562. The summed E-state index contributed by atoms with van der Waals surface area (Å²) in [4.78, 5) is 16.0. The molecule has 0 aromatic heterocycles. The smallest absolute Gasteiger partial charge is 0.164 e. The van der Waals surface area contributed by atoms with Gasteiger partial charge < -0.3 is 9.80 Å². The van der Waals surface area contributed by atoms with Gasteiger partial charge in [-0.2, -0.15) is 0 Å². The van der Waals surface area contributed by atoms with E-state index in [9.17, 15) is 9.18 Å². The van der Waals surface area contributed by atoms with Gasteiger partial charge in [-0.25, -0.2) is 4.39 Å². The minimum absolute atomic E-state index is 0.148. The number of benzene rings is 1. The minimum Gasteiger partial charge on any atom is -0.372 e. The van der Waals surface area contributed by atoms with Crippen molar-refractivity contribution in [2.75, 3.05) is 32.6 Å². The number of likely N-dealkylation sites (N-methyl/N-ethyl adjacent to an activating group) is 2. The molecule has 110 valence electrons. The summed E-state index contributed by atoms with van der Waals surface area (Å²) >= 11 is 0. The molecule has 0 heterocycles. The molecule has 0 bridgehead atoms. The Morgan fingerprint density at radius 3 is 2.40 bits per heavy atom. The van der Waals surface area contributed by atoms with Crippen molar-refractivity contribution in [3.63, 3.8) is 0 Å². The number of Topliss-reactive ketones (excluding diaryl/α,β-unsaturated/α-hetero) is 1. The van der Waals surface area contributed by atoms with E-state index in [4.69, 9.17) is 0 Å². The van der Waals surface area contributed by atoms with E-state index in [0.29, 0.717) is 5.69 Å². The number of anilines is 1. The van der Waals surface area contributed by atoms with Crippen LogP contribution >= 0.6 is 0 Å². The number of hydrogen-bond acceptors (Lipinski definition) is 3. The van der Waals surface area contributed by atoms with Crippen molar-refractivity contribution in [1.29, 1.82) is 0 Å². The van der Waals surface area contributed by atoms with E-state index in [0.717, 1.165) is 19.4 Å². The highest BCUT2D eigenvalue weighted by Crippen LogP contribution is 2.38. The van der Waals surface area contributed by atoms with Crippen LogP contribution in [0.25, 0.3) is 0 Å². The predicted molar refractivity (Wildman–Crippen MR) is 79.9 cm³/mol. The first-order valence-corrected chi connectivity index (χ1v) is 7.05. The molecule has 0 spiro atoms. The summed E-state index contributed by atoms with van der Waals surface area (Å²) in [5, 5.41) is 0. The van der Waals surface area contributed by atoms with Gasteiger partial charge in [-0.15, -0.1) is 0 Å². The second kappa shape index (κ2) is 5.52. The predicted octanol–water partition coefficient (Wildman–Crippen LogP) is 2.95. The maximum absolute atomic E-state index is 13.9. The Balaban J connectivity index is 2.28.